The van der Waals surface area contributed by atoms with E-state index in [4.69, 9.17) is 0 Å². The normalized spacial score (nSPS) is 16.9. The molecule has 1 aliphatic rings. The van der Waals surface area contributed by atoms with Gasteiger partial charge in [0.2, 0.25) is 5.91 Å². The Morgan fingerprint density at radius 2 is 1.96 bits per heavy atom. The molecular weight excluding hydrogens is 352 g/mol. The number of aromatic nitrogens is 2. The van der Waals surface area contributed by atoms with Crippen molar-refractivity contribution in [2.45, 2.75) is 19.8 Å². The first-order valence-electron chi connectivity index (χ1n) is 9.61. The molecule has 1 N–H and O–H groups in total. The van der Waals surface area contributed by atoms with Crippen molar-refractivity contribution in [3.05, 3.63) is 60.0 Å². The number of nitrogens with zero attached hydrogens (tertiary/aromatic N) is 3. The monoisotopic (exact) mass is 376 g/mol. The van der Waals surface area contributed by atoms with Gasteiger partial charge in [0.25, 0.3) is 5.91 Å². The minimum atomic E-state index is -0.119. The van der Waals surface area contributed by atoms with E-state index in [1.165, 1.54) is 0 Å². The van der Waals surface area contributed by atoms with Crippen molar-refractivity contribution in [1.82, 2.24) is 19.6 Å². The van der Waals surface area contributed by atoms with Crippen molar-refractivity contribution in [3.8, 4) is 11.1 Å². The molecule has 0 bridgehead atoms. The number of likely N-dealkylation sites (tertiary alicyclic amines) is 1. The molecule has 2 aromatic heterocycles. The molecule has 1 fully saturated rings. The molecule has 6 heteroatoms. The van der Waals surface area contributed by atoms with Crippen molar-refractivity contribution >= 4 is 17.5 Å². The summed E-state index contributed by atoms with van der Waals surface area (Å²) in [4.78, 5) is 30.9. The zero-order valence-corrected chi connectivity index (χ0v) is 16.2. The number of nitrogens with one attached hydrogen (secondary N) is 1. The highest BCUT2D eigenvalue weighted by atomic mass is 16.2. The Morgan fingerprint density at radius 1 is 1.18 bits per heavy atom. The van der Waals surface area contributed by atoms with Gasteiger partial charge < -0.3 is 14.6 Å². The van der Waals surface area contributed by atoms with Crippen molar-refractivity contribution in [2.24, 2.45) is 5.92 Å². The van der Waals surface area contributed by atoms with Crippen molar-refractivity contribution in [3.63, 3.8) is 0 Å². The lowest BCUT2D eigenvalue weighted by Gasteiger charge is -2.31. The quantitative estimate of drug-likeness (QED) is 0.764. The molecule has 0 aliphatic carbocycles. The van der Waals surface area contributed by atoms with E-state index < -0.39 is 0 Å². The minimum Gasteiger partial charge on any atom is -0.359 e. The molecule has 3 heterocycles. The van der Waals surface area contributed by atoms with E-state index in [2.05, 4.69) is 16.4 Å². The van der Waals surface area contributed by atoms with E-state index in [9.17, 15) is 9.59 Å². The number of hydrogen-bond donors (Lipinski definition) is 1. The van der Waals surface area contributed by atoms with Crippen LogP contribution in [0.3, 0.4) is 0 Å². The smallest absolute Gasteiger partial charge is 0.253 e. The van der Waals surface area contributed by atoms with Crippen LogP contribution in [-0.4, -0.2) is 46.2 Å². The van der Waals surface area contributed by atoms with Crippen LogP contribution < -0.4 is 5.32 Å². The van der Waals surface area contributed by atoms with E-state index in [1.807, 2.05) is 48.0 Å². The van der Waals surface area contributed by atoms with Crippen LogP contribution in [0.25, 0.3) is 16.8 Å². The molecule has 3 aromatic rings. The molecule has 28 heavy (non-hydrogen) atoms. The molecule has 1 aliphatic heterocycles. The maximum atomic E-state index is 12.9. The highest BCUT2D eigenvalue weighted by Gasteiger charge is 2.28. The van der Waals surface area contributed by atoms with Gasteiger partial charge in [-0.2, -0.15) is 0 Å². The van der Waals surface area contributed by atoms with E-state index in [0.29, 0.717) is 18.7 Å². The second-order valence-corrected chi connectivity index (χ2v) is 7.35. The number of aryl methyl sites for hydroxylation is 1. The number of hydrogen-bond acceptors (Lipinski definition) is 3. The van der Waals surface area contributed by atoms with Crippen LogP contribution in [0.15, 0.2) is 48.9 Å². The van der Waals surface area contributed by atoms with Gasteiger partial charge in [0.05, 0.1) is 5.92 Å². The molecule has 0 saturated carbocycles. The number of carbonyl (C=O) groups excluding carboxylic acids is 2. The number of pyridine rings is 1. The van der Waals surface area contributed by atoms with Gasteiger partial charge in [0, 0.05) is 44.3 Å². The first kappa shape index (κ1) is 18.2. The third-order valence-electron chi connectivity index (χ3n) is 5.46. The van der Waals surface area contributed by atoms with E-state index in [-0.39, 0.29) is 17.7 Å². The van der Waals surface area contributed by atoms with E-state index in [1.54, 1.807) is 18.1 Å². The zero-order chi connectivity index (χ0) is 19.7. The lowest BCUT2D eigenvalue weighted by Crippen LogP contribution is -2.44. The topological polar surface area (TPSA) is 66.7 Å². The summed E-state index contributed by atoms with van der Waals surface area (Å²) >= 11 is 0. The average molecular weight is 376 g/mol. The predicted octanol–water partition coefficient (Wildman–Crippen LogP) is 2.91. The van der Waals surface area contributed by atoms with Crippen LogP contribution in [0.4, 0.5) is 0 Å². The summed E-state index contributed by atoms with van der Waals surface area (Å²) in [5.41, 5.74) is 4.85. The Hall–Kier alpha value is -3.15. The van der Waals surface area contributed by atoms with Gasteiger partial charge in [-0.05, 0) is 54.7 Å². The van der Waals surface area contributed by atoms with Crippen LogP contribution in [0.5, 0.6) is 0 Å². The van der Waals surface area contributed by atoms with Crippen LogP contribution in [0.2, 0.25) is 0 Å². The molecule has 0 spiro atoms. The number of fused-ring (bicyclic) bond motifs is 1. The molecule has 4 rings (SSSR count). The largest absolute Gasteiger partial charge is 0.359 e. The van der Waals surface area contributed by atoms with Gasteiger partial charge in [0.1, 0.15) is 5.65 Å². The average Bonchev–Trinajstić information content (AvgIpc) is 3.22. The SMILES string of the molecule is CNC(=O)[C@H]1CCCN(C(=O)c2ccc(-c3cc(C)c4nccn4c3)cc2)C1. The number of amides is 2. The second kappa shape index (κ2) is 7.46. The van der Waals surface area contributed by atoms with Crippen molar-refractivity contribution in [2.75, 3.05) is 20.1 Å². The Bertz CT molecular complexity index is 1020. The van der Waals surface area contributed by atoms with Gasteiger partial charge in [-0.15, -0.1) is 0 Å². The highest BCUT2D eigenvalue weighted by molar-refractivity contribution is 5.95. The molecule has 1 saturated heterocycles. The van der Waals surface area contributed by atoms with Gasteiger partial charge in [-0.1, -0.05) is 12.1 Å². The highest BCUT2D eigenvalue weighted by Crippen LogP contribution is 2.24. The number of rotatable bonds is 3. The molecular formula is C22H24N4O2. The summed E-state index contributed by atoms with van der Waals surface area (Å²) in [6.45, 7) is 3.23. The summed E-state index contributed by atoms with van der Waals surface area (Å²) in [5, 5.41) is 2.69. The fourth-order valence-electron chi connectivity index (χ4n) is 3.93. The maximum Gasteiger partial charge on any atom is 0.253 e. The zero-order valence-electron chi connectivity index (χ0n) is 16.2. The molecule has 6 nitrogen and oxygen atoms in total. The third-order valence-corrected chi connectivity index (χ3v) is 5.46. The molecule has 0 radical (unpaired) electrons. The summed E-state index contributed by atoms with van der Waals surface area (Å²) in [6.07, 6.45) is 7.46. The van der Waals surface area contributed by atoms with Crippen LogP contribution >= 0.6 is 0 Å². The van der Waals surface area contributed by atoms with Gasteiger partial charge >= 0.3 is 0 Å². The Labute approximate surface area is 164 Å². The minimum absolute atomic E-state index is 0.0121. The first-order valence-corrected chi connectivity index (χ1v) is 9.61. The van der Waals surface area contributed by atoms with Gasteiger partial charge in [-0.25, -0.2) is 4.98 Å². The summed E-state index contributed by atoms with van der Waals surface area (Å²) in [5.74, 6) is -0.119. The Morgan fingerprint density at radius 3 is 2.71 bits per heavy atom. The van der Waals surface area contributed by atoms with Crippen LogP contribution in [0.1, 0.15) is 28.8 Å². The molecule has 2 amide bonds. The fraction of sp³-hybridized carbons (Fsp3) is 0.318. The van der Waals surface area contributed by atoms with Crippen LogP contribution in [-0.2, 0) is 4.79 Å². The maximum absolute atomic E-state index is 12.9. The van der Waals surface area contributed by atoms with E-state index >= 15 is 0 Å². The van der Waals surface area contributed by atoms with Crippen LogP contribution in [0, 0.1) is 12.8 Å². The van der Waals surface area contributed by atoms with Gasteiger partial charge in [-0.3, -0.25) is 9.59 Å². The molecule has 0 unspecified atom stereocenters. The summed E-state index contributed by atoms with van der Waals surface area (Å²) in [7, 11) is 1.64. The second-order valence-electron chi connectivity index (χ2n) is 7.35. The fourth-order valence-corrected chi connectivity index (χ4v) is 3.93. The van der Waals surface area contributed by atoms with Crippen molar-refractivity contribution < 1.29 is 9.59 Å². The predicted molar refractivity (Wildman–Crippen MR) is 108 cm³/mol. The third kappa shape index (κ3) is 3.38. The van der Waals surface area contributed by atoms with Gasteiger partial charge in [0.15, 0.2) is 0 Å². The first-order chi connectivity index (χ1) is 13.6. The number of carbonyl (C=O) groups is 2. The number of piperidine rings is 1. The van der Waals surface area contributed by atoms with E-state index in [0.717, 1.165) is 35.2 Å². The standard InChI is InChI=1S/C22H24N4O2/c1-15-12-19(14-25-11-9-24-20(15)25)16-5-7-17(8-6-16)22(28)26-10-3-4-18(13-26)21(27)23-2/h5-9,11-12,14,18H,3-4,10,13H2,1-2H3,(H,23,27)/t18-/m0/s1. The molecule has 144 valence electrons. The summed E-state index contributed by atoms with van der Waals surface area (Å²) < 4.78 is 2.01. The van der Waals surface area contributed by atoms with Crippen molar-refractivity contribution in [1.29, 1.82) is 0 Å². The Kier molecular flexibility index (Phi) is 4.86. The summed E-state index contributed by atoms with van der Waals surface area (Å²) in [6, 6.07) is 9.80. The molecule has 1 atom stereocenters. The lowest BCUT2D eigenvalue weighted by atomic mass is 9.96. The number of benzene rings is 1. The lowest BCUT2D eigenvalue weighted by molar-refractivity contribution is -0.125. The number of imidazole rings is 1. The Balaban J connectivity index is 1.53. The molecule has 1 aromatic carbocycles.